The number of hydrogen-bond acceptors (Lipinski definition) is 1. The molecule has 1 nitrogen and oxygen atoms in total. The summed E-state index contributed by atoms with van der Waals surface area (Å²) in [6.45, 7) is 6.76. The second-order valence-electron chi connectivity index (χ2n) is 5.49. The van der Waals surface area contributed by atoms with E-state index in [1.807, 2.05) is 0 Å². The molecule has 0 aliphatic heterocycles. The quantitative estimate of drug-likeness (QED) is 0.816. The average molecular weight is 217 g/mol. The van der Waals surface area contributed by atoms with Gasteiger partial charge in [-0.25, -0.2) is 0 Å². The summed E-state index contributed by atoms with van der Waals surface area (Å²) in [5, 5.41) is 3.35. The van der Waals surface area contributed by atoms with Crippen molar-refractivity contribution in [3.8, 4) is 0 Å². The number of nitrogens with one attached hydrogen (secondary N) is 1. The Balaban J connectivity index is 2.16. The van der Waals surface area contributed by atoms with Crippen LogP contribution in [0.2, 0.25) is 0 Å². The lowest BCUT2D eigenvalue weighted by Crippen LogP contribution is -2.37. The molecule has 0 aromatic heterocycles. The minimum atomic E-state index is 0.638. The number of benzene rings is 1. The molecule has 0 unspecified atom stereocenters. The van der Waals surface area contributed by atoms with Crippen molar-refractivity contribution in [3.63, 3.8) is 0 Å². The molecule has 88 valence electrons. The third kappa shape index (κ3) is 2.30. The molecule has 2 rings (SSSR count). The van der Waals surface area contributed by atoms with Gasteiger partial charge >= 0.3 is 0 Å². The molecule has 0 spiro atoms. The second-order valence-corrected chi connectivity index (χ2v) is 5.49. The fourth-order valence-electron chi connectivity index (χ4n) is 2.54. The molecule has 1 aliphatic rings. The van der Waals surface area contributed by atoms with Crippen molar-refractivity contribution >= 4 is 0 Å². The highest BCUT2D eigenvalue weighted by atomic mass is 14.9. The van der Waals surface area contributed by atoms with Crippen LogP contribution in [0.4, 0.5) is 0 Å². The van der Waals surface area contributed by atoms with Gasteiger partial charge in [0.2, 0.25) is 0 Å². The highest BCUT2D eigenvalue weighted by molar-refractivity contribution is 5.34. The molecule has 16 heavy (non-hydrogen) atoms. The molecular formula is C15H23N. The van der Waals surface area contributed by atoms with Crippen LogP contribution < -0.4 is 5.32 Å². The minimum Gasteiger partial charge on any atom is -0.317 e. The molecule has 0 bridgehead atoms. The predicted octanol–water partition coefficient (Wildman–Crippen LogP) is 3.58. The maximum absolute atomic E-state index is 3.35. The fraction of sp³-hybridized carbons (Fsp3) is 0.600. The molecule has 0 amide bonds. The predicted molar refractivity (Wildman–Crippen MR) is 70.1 cm³/mol. The van der Waals surface area contributed by atoms with E-state index in [9.17, 15) is 0 Å². The topological polar surface area (TPSA) is 12.0 Å². The monoisotopic (exact) mass is 217 g/mol. The summed E-state index contributed by atoms with van der Waals surface area (Å²) in [7, 11) is 2.07. The Morgan fingerprint density at radius 3 is 2.44 bits per heavy atom. The zero-order chi connectivity index (χ0) is 11.7. The van der Waals surface area contributed by atoms with Gasteiger partial charge in [0.15, 0.2) is 0 Å². The van der Waals surface area contributed by atoms with E-state index in [4.69, 9.17) is 0 Å². The van der Waals surface area contributed by atoms with Gasteiger partial charge in [-0.1, -0.05) is 37.6 Å². The first-order valence-corrected chi connectivity index (χ1v) is 6.39. The van der Waals surface area contributed by atoms with E-state index in [1.165, 1.54) is 24.0 Å². The Morgan fingerprint density at radius 1 is 1.19 bits per heavy atom. The van der Waals surface area contributed by atoms with Gasteiger partial charge in [-0.3, -0.25) is 0 Å². The number of rotatable bonds is 3. The molecule has 1 N–H and O–H groups in total. The number of hydrogen-bond donors (Lipinski definition) is 1. The maximum atomic E-state index is 3.35. The lowest BCUT2D eigenvalue weighted by Gasteiger charge is -2.36. The molecule has 1 fully saturated rings. The van der Waals surface area contributed by atoms with Gasteiger partial charge in [-0.2, -0.15) is 0 Å². The third-order valence-electron chi connectivity index (χ3n) is 3.81. The lowest BCUT2D eigenvalue weighted by atomic mass is 9.75. The van der Waals surface area contributed by atoms with Crippen LogP contribution in [0.5, 0.6) is 0 Å². The summed E-state index contributed by atoms with van der Waals surface area (Å²) >= 11 is 0. The van der Waals surface area contributed by atoms with Crippen LogP contribution in [0.15, 0.2) is 18.2 Å². The highest BCUT2D eigenvalue weighted by Gasteiger charge is 2.29. The van der Waals surface area contributed by atoms with Crippen molar-refractivity contribution in [2.45, 2.75) is 51.5 Å². The molecule has 1 aliphatic carbocycles. The molecule has 1 heteroatoms. The van der Waals surface area contributed by atoms with Crippen molar-refractivity contribution in [2.24, 2.45) is 0 Å². The Labute approximate surface area is 99.3 Å². The van der Waals surface area contributed by atoms with Crippen LogP contribution in [-0.4, -0.2) is 13.1 Å². The van der Waals surface area contributed by atoms with Crippen molar-refractivity contribution in [1.82, 2.24) is 5.32 Å². The van der Waals surface area contributed by atoms with Gasteiger partial charge in [0.05, 0.1) is 0 Å². The Kier molecular flexibility index (Phi) is 3.34. The van der Waals surface area contributed by atoms with Gasteiger partial charge in [0.1, 0.15) is 0 Å². The molecule has 1 aromatic rings. The fourth-order valence-corrected chi connectivity index (χ4v) is 2.54. The molecule has 1 saturated carbocycles. The Bertz CT molecular complexity index is 362. The highest BCUT2D eigenvalue weighted by Crippen LogP contribution is 2.38. The molecule has 0 saturated heterocycles. The van der Waals surface area contributed by atoms with E-state index in [1.54, 1.807) is 5.56 Å². The van der Waals surface area contributed by atoms with Gasteiger partial charge in [0.25, 0.3) is 0 Å². The third-order valence-corrected chi connectivity index (χ3v) is 3.81. The summed E-state index contributed by atoms with van der Waals surface area (Å²) in [5.41, 5.74) is 4.45. The van der Waals surface area contributed by atoms with E-state index in [0.29, 0.717) is 5.92 Å². The van der Waals surface area contributed by atoms with Gasteiger partial charge in [-0.05, 0) is 49.8 Å². The van der Waals surface area contributed by atoms with Gasteiger partial charge in [-0.15, -0.1) is 0 Å². The van der Waals surface area contributed by atoms with Crippen LogP contribution in [0.1, 0.15) is 55.2 Å². The first-order valence-electron chi connectivity index (χ1n) is 6.39. The lowest BCUT2D eigenvalue weighted by molar-refractivity contribution is 0.307. The zero-order valence-corrected chi connectivity index (χ0v) is 10.9. The maximum Gasteiger partial charge on any atom is 0.00757 e. The van der Waals surface area contributed by atoms with Crippen LogP contribution in [-0.2, 0) is 0 Å². The summed E-state index contributed by atoms with van der Waals surface area (Å²) in [4.78, 5) is 0. The van der Waals surface area contributed by atoms with Crippen molar-refractivity contribution in [2.75, 3.05) is 7.05 Å². The minimum absolute atomic E-state index is 0.638. The van der Waals surface area contributed by atoms with Gasteiger partial charge < -0.3 is 5.32 Å². The molecular weight excluding hydrogens is 194 g/mol. The van der Waals surface area contributed by atoms with Crippen molar-refractivity contribution in [1.29, 1.82) is 0 Å². The second kappa shape index (κ2) is 4.58. The standard InChI is InChI=1S/C15H23N/c1-10(2)12-5-11(3)6-13(7-12)14-8-15(9-14)16-4/h5-7,10,14-16H,8-9H2,1-4H3. The number of aryl methyl sites for hydroxylation is 1. The zero-order valence-electron chi connectivity index (χ0n) is 10.9. The first-order chi connectivity index (χ1) is 7.60. The van der Waals surface area contributed by atoms with E-state index < -0.39 is 0 Å². The van der Waals surface area contributed by atoms with E-state index in [0.717, 1.165) is 12.0 Å². The summed E-state index contributed by atoms with van der Waals surface area (Å²) in [6.07, 6.45) is 2.61. The van der Waals surface area contributed by atoms with Crippen LogP contribution in [0, 0.1) is 6.92 Å². The molecule has 0 heterocycles. The molecule has 1 aromatic carbocycles. The smallest absolute Gasteiger partial charge is 0.00757 e. The van der Waals surface area contributed by atoms with Crippen molar-refractivity contribution in [3.05, 3.63) is 34.9 Å². The summed E-state index contributed by atoms with van der Waals surface area (Å²) in [6, 6.07) is 7.84. The average Bonchev–Trinajstić information content (AvgIpc) is 2.15. The SMILES string of the molecule is CNC1CC(c2cc(C)cc(C(C)C)c2)C1. The van der Waals surface area contributed by atoms with Crippen LogP contribution in [0.25, 0.3) is 0 Å². The largest absolute Gasteiger partial charge is 0.317 e. The Hall–Kier alpha value is -0.820. The first kappa shape index (κ1) is 11.7. The van der Waals surface area contributed by atoms with E-state index in [2.05, 4.69) is 51.3 Å². The molecule has 0 atom stereocenters. The molecule has 0 radical (unpaired) electrons. The van der Waals surface area contributed by atoms with Crippen LogP contribution in [0.3, 0.4) is 0 Å². The van der Waals surface area contributed by atoms with Crippen molar-refractivity contribution < 1.29 is 0 Å². The van der Waals surface area contributed by atoms with Crippen LogP contribution >= 0.6 is 0 Å². The van der Waals surface area contributed by atoms with E-state index >= 15 is 0 Å². The summed E-state index contributed by atoms with van der Waals surface area (Å²) in [5.74, 6) is 1.42. The van der Waals surface area contributed by atoms with Gasteiger partial charge in [0, 0.05) is 6.04 Å². The normalized spacial score (nSPS) is 24.6. The Morgan fingerprint density at radius 2 is 1.88 bits per heavy atom. The summed E-state index contributed by atoms with van der Waals surface area (Å²) < 4.78 is 0. The van der Waals surface area contributed by atoms with E-state index in [-0.39, 0.29) is 0 Å².